The number of hydrogen-bond donors (Lipinski definition) is 2. The first kappa shape index (κ1) is 10.4. The summed E-state index contributed by atoms with van der Waals surface area (Å²) in [5, 5.41) is 19.2. The minimum atomic E-state index is -1.98. The molecule has 1 aliphatic rings. The van der Waals surface area contributed by atoms with Crippen LogP contribution in [0.25, 0.3) is 0 Å². The molecule has 0 aliphatic heterocycles. The highest BCUT2D eigenvalue weighted by Gasteiger charge is 2.44. The van der Waals surface area contributed by atoms with E-state index < -0.39 is 17.7 Å². The van der Waals surface area contributed by atoms with E-state index in [1.165, 1.54) is 12.2 Å². The number of carbonyl (C=O) groups excluding carboxylic acids is 1. The SMILES string of the molecule is COC(=O)[C@]1(O)C=CC=C(Br)[C@H]1O. The molecule has 72 valence electrons. The van der Waals surface area contributed by atoms with Gasteiger partial charge in [0.1, 0.15) is 6.10 Å². The van der Waals surface area contributed by atoms with Crippen molar-refractivity contribution in [2.24, 2.45) is 0 Å². The number of halogens is 1. The summed E-state index contributed by atoms with van der Waals surface area (Å²) >= 11 is 3.02. The van der Waals surface area contributed by atoms with Crippen LogP contribution in [0.1, 0.15) is 0 Å². The Hall–Kier alpha value is -0.650. The number of rotatable bonds is 1. The highest BCUT2D eigenvalue weighted by atomic mass is 79.9. The third kappa shape index (κ3) is 1.67. The van der Waals surface area contributed by atoms with Gasteiger partial charge < -0.3 is 14.9 Å². The van der Waals surface area contributed by atoms with Crippen molar-refractivity contribution in [3.8, 4) is 0 Å². The third-order valence-corrected chi connectivity index (χ3v) is 2.49. The zero-order valence-electron chi connectivity index (χ0n) is 6.90. The molecule has 4 nitrogen and oxygen atoms in total. The van der Waals surface area contributed by atoms with E-state index >= 15 is 0 Å². The van der Waals surface area contributed by atoms with Crippen LogP contribution in [-0.2, 0) is 9.53 Å². The Balaban J connectivity index is 2.99. The van der Waals surface area contributed by atoms with E-state index in [9.17, 15) is 15.0 Å². The van der Waals surface area contributed by atoms with Crippen molar-refractivity contribution in [3.05, 3.63) is 22.7 Å². The van der Waals surface area contributed by atoms with Crippen molar-refractivity contribution in [3.63, 3.8) is 0 Å². The molecule has 1 rings (SSSR count). The molecule has 0 saturated heterocycles. The molecule has 2 N–H and O–H groups in total. The fourth-order valence-corrected chi connectivity index (χ4v) is 1.52. The standard InChI is InChI=1S/C8H9BrO4/c1-13-7(11)8(12)4-2-3-5(9)6(8)10/h2-4,6,10,12H,1H3/t6-,8+/m1/s1. The fraction of sp³-hybridized carbons (Fsp3) is 0.375. The lowest BCUT2D eigenvalue weighted by atomic mass is 9.92. The fourth-order valence-electron chi connectivity index (χ4n) is 1.02. The van der Waals surface area contributed by atoms with Crippen LogP contribution in [0.3, 0.4) is 0 Å². The number of ether oxygens (including phenoxy) is 1. The summed E-state index contributed by atoms with van der Waals surface area (Å²) in [7, 11) is 1.15. The normalized spacial score (nSPS) is 32.6. The predicted molar refractivity (Wildman–Crippen MR) is 49.1 cm³/mol. The predicted octanol–water partition coefficient (Wildman–Crippen LogP) is 0.100. The van der Waals surface area contributed by atoms with Crippen LogP contribution in [0.15, 0.2) is 22.7 Å². The maximum absolute atomic E-state index is 11.1. The molecule has 0 saturated carbocycles. The van der Waals surface area contributed by atoms with E-state index in [0.29, 0.717) is 4.48 Å². The van der Waals surface area contributed by atoms with E-state index in [-0.39, 0.29) is 0 Å². The Morgan fingerprint density at radius 2 is 2.38 bits per heavy atom. The number of methoxy groups -OCH3 is 1. The number of allylic oxidation sites excluding steroid dienone is 2. The molecule has 0 heterocycles. The molecular weight excluding hydrogens is 240 g/mol. The van der Waals surface area contributed by atoms with Gasteiger partial charge in [-0.25, -0.2) is 4.79 Å². The second-order valence-corrected chi connectivity index (χ2v) is 3.55. The summed E-state index contributed by atoms with van der Waals surface area (Å²) in [6.45, 7) is 0. The lowest BCUT2D eigenvalue weighted by molar-refractivity contribution is -0.164. The molecule has 0 aromatic rings. The first-order valence-corrected chi connectivity index (χ1v) is 4.35. The van der Waals surface area contributed by atoms with Gasteiger partial charge in [0, 0.05) is 4.48 Å². The second kappa shape index (κ2) is 3.61. The van der Waals surface area contributed by atoms with Gasteiger partial charge in [0.05, 0.1) is 7.11 Å². The largest absolute Gasteiger partial charge is 0.467 e. The van der Waals surface area contributed by atoms with Gasteiger partial charge in [-0.3, -0.25) is 0 Å². The smallest absolute Gasteiger partial charge is 0.345 e. The molecule has 0 fully saturated rings. The highest BCUT2D eigenvalue weighted by Crippen LogP contribution is 2.28. The van der Waals surface area contributed by atoms with Crippen LogP contribution in [0.5, 0.6) is 0 Å². The van der Waals surface area contributed by atoms with Gasteiger partial charge >= 0.3 is 5.97 Å². The highest BCUT2D eigenvalue weighted by molar-refractivity contribution is 9.11. The van der Waals surface area contributed by atoms with Gasteiger partial charge in [-0.05, 0) is 12.2 Å². The van der Waals surface area contributed by atoms with Gasteiger partial charge in [-0.15, -0.1) is 0 Å². The van der Waals surface area contributed by atoms with Crippen LogP contribution < -0.4 is 0 Å². The first-order valence-electron chi connectivity index (χ1n) is 3.56. The number of esters is 1. The summed E-state index contributed by atoms with van der Waals surface area (Å²) in [6.07, 6.45) is 2.88. The van der Waals surface area contributed by atoms with Crippen LogP contribution in [0.2, 0.25) is 0 Å². The summed E-state index contributed by atoms with van der Waals surface area (Å²) in [4.78, 5) is 11.1. The van der Waals surface area contributed by atoms with E-state index in [2.05, 4.69) is 20.7 Å². The number of aliphatic hydroxyl groups is 2. The minimum Gasteiger partial charge on any atom is -0.467 e. The van der Waals surface area contributed by atoms with Crippen LogP contribution in [0, 0.1) is 0 Å². The topological polar surface area (TPSA) is 66.8 Å². The van der Waals surface area contributed by atoms with Gasteiger partial charge in [0.15, 0.2) is 0 Å². The van der Waals surface area contributed by atoms with Crippen molar-refractivity contribution >= 4 is 21.9 Å². The van der Waals surface area contributed by atoms with Crippen molar-refractivity contribution < 1.29 is 19.7 Å². The molecule has 1 aliphatic carbocycles. The van der Waals surface area contributed by atoms with Crippen molar-refractivity contribution in [2.45, 2.75) is 11.7 Å². The van der Waals surface area contributed by atoms with E-state index in [0.717, 1.165) is 7.11 Å². The number of hydrogen-bond acceptors (Lipinski definition) is 4. The van der Waals surface area contributed by atoms with Gasteiger partial charge in [-0.1, -0.05) is 22.0 Å². The first-order chi connectivity index (χ1) is 6.02. The molecule has 2 atom stereocenters. The monoisotopic (exact) mass is 248 g/mol. The van der Waals surface area contributed by atoms with Crippen molar-refractivity contribution in [1.82, 2.24) is 0 Å². The van der Waals surface area contributed by atoms with Crippen molar-refractivity contribution in [1.29, 1.82) is 0 Å². The summed E-state index contributed by atoms with van der Waals surface area (Å²) in [5.74, 6) is -0.888. The lowest BCUT2D eigenvalue weighted by Crippen LogP contribution is -2.49. The summed E-state index contributed by atoms with van der Waals surface area (Å²) < 4.78 is 4.70. The third-order valence-electron chi connectivity index (χ3n) is 1.80. The molecule has 0 bridgehead atoms. The summed E-state index contributed by atoms with van der Waals surface area (Å²) in [5.41, 5.74) is -1.98. The molecule has 0 spiro atoms. The quantitative estimate of drug-likeness (QED) is 0.647. The average molecular weight is 249 g/mol. The maximum Gasteiger partial charge on any atom is 0.345 e. The number of aliphatic hydroxyl groups excluding tert-OH is 1. The zero-order valence-corrected chi connectivity index (χ0v) is 8.48. The second-order valence-electron chi connectivity index (χ2n) is 2.63. The van der Waals surface area contributed by atoms with Crippen molar-refractivity contribution in [2.75, 3.05) is 7.11 Å². The van der Waals surface area contributed by atoms with E-state index in [1.807, 2.05) is 0 Å². The minimum absolute atomic E-state index is 0.336. The molecule has 0 radical (unpaired) electrons. The Kier molecular flexibility index (Phi) is 2.90. The maximum atomic E-state index is 11.1. The molecule has 0 unspecified atom stereocenters. The van der Waals surface area contributed by atoms with Crippen LogP contribution in [-0.4, -0.2) is 35.0 Å². The number of carbonyl (C=O) groups is 1. The Bertz CT molecular complexity index is 284. The molecule has 13 heavy (non-hydrogen) atoms. The molecule has 0 aromatic heterocycles. The molecular formula is C8H9BrO4. The van der Waals surface area contributed by atoms with E-state index in [1.54, 1.807) is 6.08 Å². The molecule has 0 amide bonds. The average Bonchev–Trinajstić information content (AvgIpc) is 2.13. The Labute approximate surface area is 83.6 Å². The van der Waals surface area contributed by atoms with Gasteiger partial charge in [-0.2, -0.15) is 0 Å². The van der Waals surface area contributed by atoms with Crippen LogP contribution in [0.4, 0.5) is 0 Å². The Morgan fingerprint density at radius 3 is 2.92 bits per heavy atom. The van der Waals surface area contributed by atoms with Gasteiger partial charge in [0.2, 0.25) is 5.60 Å². The molecule has 5 heteroatoms. The zero-order chi connectivity index (χ0) is 10.1. The van der Waals surface area contributed by atoms with E-state index in [4.69, 9.17) is 0 Å². The van der Waals surface area contributed by atoms with Gasteiger partial charge in [0.25, 0.3) is 0 Å². The van der Waals surface area contributed by atoms with Crippen LogP contribution >= 0.6 is 15.9 Å². The molecule has 0 aromatic carbocycles. The summed E-state index contributed by atoms with van der Waals surface area (Å²) in [6, 6.07) is 0. The Morgan fingerprint density at radius 1 is 1.77 bits per heavy atom. The lowest BCUT2D eigenvalue weighted by Gasteiger charge is -2.28.